The van der Waals surface area contributed by atoms with Gasteiger partial charge in [-0.1, -0.05) is 6.42 Å². The molecule has 0 bridgehead atoms. The third-order valence-corrected chi connectivity index (χ3v) is 3.50. The molecule has 1 saturated heterocycles. The molecule has 1 aliphatic rings. The molecule has 0 radical (unpaired) electrons. The number of amides is 1. The zero-order valence-corrected chi connectivity index (χ0v) is 11.4. The highest BCUT2D eigenvalue weighted by Gasteiger charge is 2.21. The highest BCUT2D eigenvalue weighted by atomic mass is 16.2. The van der Waals surface area contributed by atoms with Gasteiger partial charge in [0.1, 0.15) is 0 Å². The Morgan fingerprint density at radius 2 is 2.39 bits per heavy atom. The minimum absolute atomic E-state index is 0.0629. The van der Waals surface area contributed by atoms with Crippen molar-refractivity contribution < 1.29 is 4.79 Å². The molecule has 5 heteroatoms. The van der Waals surface area contributed by atoms with Crippen LogP contribution < -0.4 is 5.32 Å². The Labute approximate surface area is 108 Å². The number of carbonyl (C=O) groups is 1. The van der Waals surface area contributed by atoms with E-state index in [9.17, 15) is 4.79 Å². The van der Waals surface area contributed by atoms with Crippen molar-refractivity contribution in [2.24, 2.45) is 7.05 Å². The first-order chi connectivity index (χ1) is 8.58. The second kappa shape index (κ2) is 5.52. The van der Waals surface area contributed by atoms with E-state index in [1.165, 1.54) is 12.8 Å². The molecule has 1 N–H and O–H groups in total. The number of nitrogens with one attached hydrogen (secondary N) is 1. The number of hydrogen-bond acceptors (Lipinski definition) is 3. The second-order valence-electron chi connectivity index (χ2n) is 5.13. The molecule has 5 nitrogen and oxygen atoms in total. The highest BCUT2D eigenvalue weighted by molar-refractivity contribution is 5.94. The van der Waals surface area contributed by atoms with Crippen LogP contribution in [0.5, 0.6) is 0 Å². The van der Waals surface area contributed by atoms with Gasteiger partial charge in [-0.05, 0) is 26.3 Å². The summed E-state index contributed by atoms with van der Waals surface area (Å²) in [4.78, 5) is 14.1. The largest absolute Gasteiger partial charge is 0.340 e. The van der Waals surface area contributed by atoms with Crippen LogP contribution in [-0.2, 0) is 7.05 Å². The van der Waals surface area contributed by atoms with Crippen LogP contribution >= 0.6 is 0 Å². The summed E-state index contributed by atoms with van der Waals surface area (Å²) in [6.45, 7) is 3.71. The maximum Gasteiger partial charge on any atom is 0.257 e. The van der Waals surface area contributed by atoms with Gasteiger partial charge in [-0.25, -0.2) is 0 Å². The van der Waals surface area contributed by atoms with Crippen molar-refractivity contribution >= 4 is 5.91 Å². The summed E-state index contributed by atoms with van der Waals surface area (Å²) >= 11 is 0. The molecule has 0 spiro atoms. The predicted octanol–water partition coefficient (Wildman–Crippen LogP) is 0.943. The maximum absolute atomic E-state index is 12.3. The molecule has 1 atom stereocenters. The molecular formula is C13H22N4O. The average molecular weight is 250 g/mol. The van der Waals surface area contributed by atoms with E-state index in [2.05, 4.69) is 10.4 Å². The number of rotatable bonds is 3. The number of likely N-dealkylation sites (N-methyl/N-ethyl adjacent to an activating group) is 1. The van der Waals surface area contributed by atoms with Crippen molar-refractivity contribution in [3.8, 4) is 0 Å². The van der Waals surface area contributed by atoms with Gasteiger partial charge >= 0.3 is 0 Å². The molecule has 0 aromatic carbocycles. The third-order valence-electron chi connectivity index (χ3n) is 3.50. The molecular weight excluding hydrogens is 228 g/mol. The number of piperidine rings is 1. The van der Waals surface area contributed by atoms with Gasteiger partial charge in [0, 0.05) is 32.9 Å². The van der Waals surface area contributed by atoms with Crippen LogP contribution in [-0.4, -0.2) is 46.8 Å². The zero-order chi connectivity index (χ0) is 13.1. The Balaban J connectivity index is 1.97. The number of hydrogen-bond donors (Lipinski definition) is 1. The van der Waals surface area contributed by atoms with Gasteiger partial charge in [0.05, 0.1) is 11.3 Å². The van der Waals surface area contributed by atoms with Gasteiger partial charge in [-0.3, -0.25) is 9.48 Å². The number of aromatic nitrogens is 2. The van der Waals surface area contributed by atoms with E-state index < -0.39 is 0 Å². The smallest absolute Gasteiger partial charge is 0.257 e. The van der Waals surface area contributed by atoms with Crippen molar-refractivity contribution in [2.75, 3.05) is 20.1 Å². The molecule has 2 heterocycles. The molecule has 1 aliphatic heterocycles. The Hall–Kier alpha value is -1.36. The first-order valence-electron chi connectivity index (χ1n) is 6.57. The number of nitrogens with zero attached hydrogens (tertiary/aromatic N) is 3. The van der Waals surface area contributed by atoms with Crippen molar-refractivity contribution in [3.05, 3.63) is 17.5 Å². The first-order valence-corrected chi connectivity index (χ1v) is 6.57. The van der Waals surface area contributed by atoms with Crippen LogP contribution in [0.15, 0.2) is 6.20 Å². The van der Waals surface area contributed by atoms with Crippen molar-refractivity contribution in [2.45, 2.75) is 32.2 Å². The van der Waals surface area contributed by atoms with Gasteiger partial charge in [0.15, 0.2) is 0 Å². The molecule has 2 rings (SSSR count). The van der Waals surface area contributed by atoms with Crippen LogP contribution in [0.3, 0.4) is 0 Å². The van der Waals surface area contributed by atoms with E-state index in [1.54, 1.807) is 15.8 Å². The monoisotopic (exact) mass is 250 g/mol. The lowest BCUT2D eigenvalue weighted by Gasteiger charge is -2.28. The lowest BCUT2D eigenvalue weighted by molar-refractivity contribution is 0.0774. The van der Waals surface area contributed by atoms with Crippen LogP contribution in [0.2, 0.25) is 0 Å². The van der Waals surface area contributed by atoms with E-state index >= 15 is 0 Å². The molecule has 1 aromatic rings. The van der Waals surface area contributed by atoms with Crippen LogP contribution in [0.4, 0.5) is 0 Å². The summed E-state index contributed by atoms with van der Waals surface area (Å²) < 4.78 is 1.69. The van der Waals surface area contributed by atoms with Crippen LogP contribution in [0.1, 0.15) is 35.3 Å². The van der Waals surface area contributed by atoms with Crippen LogP contribution in [0.25, 0.3) is 0 Å². The highest BCUT2D eigenvalue weighted by Crippen LogP contribution is 2.11. The maximum atomic E-state index is 12.3. The van der Waals surface area contributed by atoms with E-state index in [1.807, 2.05) is 21.0 Å². The Bertz CT molecular complexity index is 421. The minimum Gasteiger partial charge on any atom is -0.340 e. The summed E-state index contributed by atoms with van der Waals surface area (Å²) in [5.74, 6) is 0.0629. The van der Waals surface area contributed by atoms with Gasteiger partial charge in [0.25, 0.3) is 5.91 Å². The minimum atomic E-state index is 0.0629. The fourth-order valence-corrected chi connectivity index (χ4v) is 2.51. The lowest BCUT2D eigenvalue weighted by Crippen LogP contribution is -2.44. The van der Waals surface area contributed by atoms with E-state index in [-0.39, 0.29) is 5.91 Å². The Morgan fingerprint density at radius 1 is 1.61 bits per heavy atom. The van der Waals surface area contributed by atoms with Gasteiger partial charge in [-0.15, -0.1) is 0 Å². The standard InChI is InChI=1S/C13H22N4O/c1-10-12(9-17(3)15-10)13(18)16(2)8-11-6-4-5-7-14-11/h9,11,14H,4-8H2,1-3H3. The average Bonchev–Trinajstić information content (AvgIpc) is 2.68. The molecule has 0 aliphatic carbocycles. The summed E-state index contributed by atoms with van der Waals surface area (Å²) in [5.41, 5.74) is 1.50. The van der Waals surface area contributed by atoms with Gasteiger partial charge in [-0.2, -0.15) is 5.10 Å². The Morgan fingerprint density at radius 3 is 2.94 bits per heavy atom. The summed E-state index contributed by atoms with van der Waals surface area (Å²) in [5, 5.41) is 7.68. The SMILES string of the molecule is Cc1nn(C)cc1C(=O)N(C)CC1CCCCN1. The first kappa shape index (κ1) is 13.1. The molecule has 0 saturated carbocycles. The van der Waals surface area contributed by atoms with Gasteiger partial charge < -0.3 is 10.2 Å². The van der Waals surface area contributed by atoms with Gasteiger partial charge in [0.2, 0.25) is 0 Å². The summed E-state index contributed by atoms with van der Waals surface area (Å²) in [6, 6.07) is 0.435. The van der Waals surface area contributed by atoms with Crippen LogP contribution in [0, 0.1) is 6.92 Å². The molecule has 100 valence electrons. The Kier molecular flexibility index (Phi) is 4.01. The molecule has 1 fully saturated rings. The summed E-state index contributed by atoms with van der Waals surface area (Å²) in [6.07, 6.45) is 5.45. The van der Waals surface area contributed by atoms with Crippen molar-refractivity contribution in [1.29, 1.82) is 0 Å². The molecule has 1 aromatic heterocycles. The van der Waals surface area contributed by atoms with E-state index in [4.69, 9.17) is 0 Å². The number of carbonyl (C=O) groups excluding carboxylic acids is 1. The predicted molar refractivity (Wildman–Crippen MR) is 70.5 cm³/mol. The molecule has 18 heavy (non-hydrogen) atoms. The zero-order valence-electron chi connectivity index (χ0n) is 11.4. The third kappa shape index (κ3) is 2.90. The summed E-state index contributed by atoms with van der Waals surface area (Å²) in [7, 11) is 3.71. The topological polar surface area (TPSA) is 50.2 Å². The molecule has 1 amide bonds. The van der Waals surface area contributed by atoms with Crippen molar-refractivity contribution in [3.63, 3.8) is 0 Å². The normalized spacial score (nSPS) is 19.8. The molecule has 1 unspecified atom stereocenters. The second-order valence-corrected chi connectivity index (χ2v) is 5.13. The lowest BCUT2D eigenvalue weighted by atomic mass is 10.0. The van der Waals surface area contributed by atoms with Crippen molar-refractivity contribution in [1.82, 2.24) is 20.0 Å². The van der Waals surface area contributed by atoms with E-state index in [0.717, 1.165) is 25.2 Å². The fourth-order valence-electron chi connectivity index (χ4n) is 2.51. The quantitative estimate of drug-likeness (QED) is 0.868. The van der Waals surface area contributed by atoms with E-state index in [0.29, 0.717) is 11.6 Å². The fraction of sp³-hybridized carbons (Fsp3) is 0.692. The number of aryl methyl sites for hydroxylation is 2.